The van der Waals surface area contributed by atoms with Gasteiger partial charge in [-0.15, -0.1) is 0 Å². The van der Waals surface area contributed by atoms with Gasteiger partial charge >= 0.3 is 0 Å². The van der Waals surface area contributed by atoms with Crippen molar-refractivity contribution in [2.24, 2.45) is 0 Å². The monoisotopic (exact) mass is 318 g/mol. The van der Waals surface area contributed by atoms with Gasteiger partial charge in [-0.3, -0.25) is 9.59 Å². The molecule has 0 spiro atoms. The minimum absolute atomic E-state index is 0.0703. The SMILES string of the molecule is CCC1C(=O)NC(C)(CC)C(=O)N1CCS(=O)(=O)C(C)C. The fraction of sp³-hybridized carbons (Fsp3) is 0.857. The molecule has 0 aromatic rings. The van der Waals surface area contributed by atoms with Crippen LogP contribution in [-0.2, 0) is 19.4 Å². The Morgan fingerprint density at radius 3 is 2.29 bits per heavy atom. The molecular weight excluding hydrogens is 292 g/mol. The Hall–Kier alpha value is -1.11. The summed E-state index contributed by atoms with van der Waals surface area (Å²) in [6.45, 7) is 8.63. The van der Waals surface area contributed by atoms with E-state index >= 15 is 0 Å². The van der Waals surface area contributed by atoms with E-state index in [0.29, 0.717) is 12.8 Å². The fourth-order valence-electron chi connectivity index (χ4n) is 2.37. The van der Waals surface area contributed by atoms with Gasteiger partial charge in [-0.05, 0) is 33.6 Å². The molecule has 0 radical (unpaired) electrons. The normalized spacial score (nSPS) is 27.1. The summed E-state index contributed by atoms with van der Waals surface area (Å²) in [5.41, 5.74) is -0.940. The molecule has 1 fully saturated rings. The molecule has 1 aliphatic rings. The van der Waals surface area contributed by atoms with E-state index in [2.05, 4.69) is 5.32 Å². The molecule has 2 unspecified atom stereocenters. The maximum Gasteiger partial charge on any atom is 0.248 e. The Kier molecular flexibility index (Phi) is 5.41. The lowest BCUT2D eigenvalue weighted by Crippen LogP contribution is -2.69. The van der Waals surface area contributed by atoms with Gasteiger partial charge < -0.3 is 10.2 Å². The Labute approximate surface area is 127 Å². The molecule has 2 atom stereocenters. The van der Waals surface area contributed by atoms with Gasteiger partial charge in [-0.1, -0.05) is 13.8 Å². The van der Waals surface area contributed by atoms with Crippen molar-refractivity contribution in [3.63, 3.8) is 0 Å². The first-order valence-corrected chi connectivity index (χ1v) is 9.15. The average Bonchev–Trinajstić information content (AvgIpc) is 2.40. The Morgan fingerprint density at radius 1 is 1.29 bits per heavy atom. The van der Waals surface area contributed by atoms with Crippen molar-refractivity contribution in [1.29, 1.82) is 0 Å². The molecule has 0 bridgehead atoms. The van der Waals surface area contributed by atoms with Crippen LogP contribution in [0.15, 0.2) is 0 Å². The Morgan fingerprint density at radius 2 is 1.86 bits per heavy atom. The molecule has 1 saturated heterocycles. The van der Waals surface area contributed by atoms with Gasteiger partial charge in [0.1, 0.15) is 11.6 Å². The van der Waals surface area contributed by atoms with Gasteiger partial charge in [0.25, 0.3) is 0 Å². The van der Waals surface area contributed by atoms with Gasteiger partial charge in [-0.2, -0.15) is 0 Å². The van der Waals surface area contributed by atoms with Crippen LogP contribution in [0.3, 0.4) is 0 Å². The van der Waals surface area contributed by atoms with Crippen LogP contribution in [0.5, 0.6) is 0 Å². The predicted molar refractivity (Wildman–Crippen MR) is 81.6 cm³/mol. The molecule has 1 aliphatic heterocycles. The van der Waals surface area contributed by atoms with Crippen LogP contribution in [0, 0.1) is 0 Å². The third kappa shape index (κ3) is 3.56. The number of hydrogen-bond acceptors (Lipinski definition) is 4. The van der Waals surface area contributed by atoms with Gasteiger partial charge in [-0.25, -0.2) is 8.42 Å². The zero-order valence-corrected chi connectivity index (χ0v) is 14.3. The lowest BCUT2D eigenvalue weighted by Gasteiger charge is -2.44. The summed E-state index contributed by atoms with van der Waals surface area (Å²) in [7, 11) is -3.24. The third-order valence-corrected chi connectivity index (χ3v) is 6.43. The quantitative estimate of drug-likeness (QED) is 0.782. The lowest BCUT2D eigenvalue weighted by molar-refractivity contribution is -0.154. The minimum Gasteiger partial charge on any atom is -0.340 e. The summed E-state index contributed by atoms with van der Waals surface area (Å²) in [6, 6.07) is -0.584. The predicted octanol–water partition coefficient (Wildman–Crippen LogP) is 0.715. The smallest absolute Gasteiger partial charge is 0.248 e. The van der Waals surface area contributed by atoms with E-state index in [-0.39, 0.29) is 24.1 Å². The minimum atomic E-state index is -3.24. The number of sulfone groups is 1. The van der Waals surface area contributed by atoms with E-state index in [1.807, 2.05) is 13.8 Å². The number of carbonyl (C=O) groups is 2. The van der Waals surface area contributed by atoms with Gasteiger partial charge in [0.2, 0.25) is 11.8 Å². The number of hydrogen-bond donors (Lipinski definition) is 1. The molecule has 1 rings (SSSR count). The molecule has 0 aromatic carbocycles. The van der Waals surface area contributed by atoms with Crippen molar-refractivity contribution >= 4 is 21.7 Å². The van der Waals surface area contributed by atoms with Gasteiger partial charge in [0.15, 0.2) is 9.84 Å². The first kappa shape index (κ1) is 17.9. The van der Waals surface area contributed by atoms with E-state index in [0.717, 1.165) is 0 Å². The third-order valence-electron chi connectivity index (χ3n) is 4.24. The van der Waals surface area contributed by atoms with Crippen LogP contribution in [0.1, 0.15) is 47.5 Å². The fourth-order valence-corrected chi connectivity index (χ4v) is 3.30. The van der Waals surface area contributed by atoms with Crippen LogP contribution >= 0.6 is 0 Å². The lowest BCUT2D eigenvalue weighted by atomic mass is 9.91. The standard InChI is InChI=1S/C14H26N2O4S/c1-6-11-12(17)15-14(5,7-2)13(18)16(11)8-9-21(19,20)10(3)4/h10-11H,6-9H2,1-5H3,(H,15,17). The number of carbonyl (C=O) groups excluding carboxylic acids is 2. The molecule has 1 heterocycles. The summed E-state index contributed by atoms with van der Waals surface area (Å²) in [6.07, 6.45) is 0.945. The van der Waals surface area contributed by atoms with Crippen LogP contribution in [0.25, 0.3) is 0 Å². The first-order chi connectivity index (χ1) is 9.59. The molecule has 6 nitrogen and oxygen atoms in total. The highest BCUT2D eigenvalue weighted by atomic mass is 32.2. The molecule has 0 aliphatic carbocycles. The summed E-state index contributed by atoms with van der Waals surface area (Å²) in [5.74, 6) is -0.515. The van der Waals surface area contributed by atoms with Gasteiger partial charge in [0, 0.05) is 6.54 Å². The van der Waals surface area contributed by atoms with Crippen LogP contribution in [-0.4, -0.2) is 54.3 Å². The summed E-state index contributed by atoms with van der Waals surface area (Å²) in [5, 5.41) is 2.28. The molecule has 2 amide bonds. The molecular formula is C14H26N2O4S. The number of nitrogens with zero attached hydrogens (tertiary/aromatic N) is 1. The molecule has 1 N–H and O–H groups in total. The van der Waals surface area contributed by atoms with Crippen LogP contribution in [0.2, 0.25) is 0 Å². The molecule has 7 heteroatoms. The number of rotatable bonds is 6. The number of nitrogens with one attached hydrogen (secondary N) is 1. The van der Waals surface area contributed by atoms with Crippen LogP contribution in [0.4, 0.5) is 0 Å². The molecule has 0 saturated carbocycles. The summed E-state index contributed by atoms with van der Waals surface area (Å²) < 4.78 is 23.9. The second-order valence-corrected chi connectivity index (χ2v) is 8.69. The van der Waals surface area contributed by atoms with Crippen molar-refractivity contribution in [2.45, 2.75) is 64.3 Å². The van der Waals surface area contributed by atoms with E-state index in [1.54, 1.807) is 20.8 Å². The van der Waals surface area contributed by atoms with E-state index in [9.17, 15) is 18.0 Å². The largest absolute Gasteiger partial charge is 0.340 e. The summed E-state index contributed by atoms with van der Waals surface area (Å²) >= 11 is 0. The molecule has 0 aromatic heterocycles. The highest BCUT2D eigenvalue weighted by Gasteiger charge is 2.46. The highest BCUT2D eigenvalue weighted by Crippen LogP contribution is 2.23. The number of piperazine rings is 1. The number of amides is 2. The topological polar surface area (TPSA) is 83.6 Å². The van der Waals surface area contributed by atoms with E-state index < -0.39 is 26.7 Å². The average molecular weight is 318 g/mol. The second-order valence-electron chi connectivity index (χ2n) is 6.01. The summed E-state index contributed by atoms with van der Waals surface area (Å²) in [4.78, 5) is 26.2. The van der Waals surface area contributed by atoms with Crippen molar-refractivity contribution in [3.05, 3.63) is 0 Å². The van der Waals surface area contributed by atoms with Crippen molar-refractivity contribution in [3.8, 4) is 0 Å². The maximum atomic E-state index is 12.6. The first-order valence-electron chi connectivity index (χ1n) is 7.43. The van der Waals surface area contributed by atoms with E-state index in [1.165, 1.54) is 4.90 Å². The molecule has 122 valence electrons. The highest BCUT2D eigenvalue weighted by molar-refractivity contribution is 7.92. The Bertz CT molecular complexity index is 515. The van der Waals surface area contributed by atoms with E-state index in [4.69, 9.17) is 0 Å². The zero-order valence-electron chi connectivity index (χ0n) is 13.5. The van der Waals surface area contributed by atoms with Gasteiger partial charge in [0.05, 0.1) is 11.0 Å². The van der Waals surface area contributed by atoms with Crippen molar-refractivity contribution in [2.75, 3.05) is 12.3 Å². The van der Waals surface area contributed by atoms with Crippen molar-refractivity contribution in [1.82, 2.24) is 10.2 Å². The molecule has 21 heavy (non-hydrogen) atoms. The second kappa shape index (κ2) is 6.34. The van der Waals surface area contributed by atoms with Crippen LogP contribution < -0.4 is 5.32 Å². The van der Waals surface area contributed by atoms with Crippen molar-refractivity contribution < 1.29 is 18.0 Å². The zero-order chi connectivity index (χ0) is 16.4. The Balaban J connectivity index is 2.99. The maximum absolute atomic E-state index is 12.6.